The van der Waals surface area contributed by atoms with Gasteiger partial charge in [0, 0.05) is 48.5 Å². The van der Waals surface area contributed by atoms with Crippen LogP contribution in [0.1, 0.15) is 0 Å². The lowest BCUT2D eigenvalue weighted by molar-refractivity contribution is 0.414. The highest BCUT2D eigenvalue weighted by molar-refractivity contribution is 6.30. The Morgan fingerprint density at radius 1 is 0.906 bits per heavy atom. The molecule has 8 nitrogen and oxygen atoms in total. The minimum atomic E-state index is 0.330. The molecule has 0 bridgehead atoms. The molecule has 3 heterocycles. The van der Waals surface area contributed by atoms with Crippen molar-refractivity contribution in [3.63, 3.8) is 0 Å². The number of hydrogen-bond donors (Lipinski definition) is 0. The van der Waals surface area contributed by atoms with Crippen LogP contribution in [-0.4, -0.2) is 53.6 Å². The zero-order valence-electron chi connectivity index (χ0n) is 17.5. The molecule has 5 rings (SSSR count). The molecule has 9 heteroatoms. The normalized spacial score (nSPS) is 13.9. The largest absolute Gasteiger partial charge is 0.497 e. The van der Waals surface area contributed by atoms with Crippen molar-refractivity contribution >= 4 is 23.1 Å². The van der Waals surface area contributed by atoms with Crippen LogP contribution in [0.2, 0.25) is 5.02 Å². The zero-order chi connectivity index (χ0) is 21.9. The molecule has 0 unspecified atom stereocenters. The molecule has 0 radical (unpaired) electrons. The van der Waals surface area contributed by atoms with Crippen molar-refractivity contribution in [1.29, 1.82) is 0 Å². The molecule has 1 fully saturated rings. The summed E-state index contributed by atoms with van der Waals surface area (Å²) in [4.78, 5) is 8.99. The van der Waals surface area contributed by atoms with Crippen LogP contribution in [0.15, 0.2) is 65.2 Å². The van der Waals surface area contributed by atoms with E-state index in [9.17, 15) is 0 Å². The minimum absolute atomic E-state index is 0.330. The van der Waals surface area contributed by atoms with Crippen molar-refractivity contribution in [2.75, 3.05) is 43.1 Å². The molecular formula is C23H21ClN6O2. The van der Waals surface area contributed by atoms with E-state index in [1.54, 1.807) is 19.2 Å². The predicted octanol–water partition coefficient (Wildman–Crippen LogP) is 4.18. The van der Waals surface area contributed by atoms with E-state index in [4.69, 9.17) is 20.9 Å². The number of ether oxygens (including phenoxy) is 1. The summed E-state index contributed by atoms with van der Waals surface area (Å²) in [7, 11) is 1.69. The van der Waals surface area contributed by atoms with Gasteiger partial charge in [-0.25, -0.2) is 0 Å². The van der Waals surface area contributed by atoms with Crippen LogP contribution < -0.4 is 14.5 Å². The molecule has 4 aromatic rings. The first kappa shape index (κ1) is 20.3. The summed E-state index contributed by atoms with van der Waals surface area (Å²) in [5, 5.41) is 13.4. The van der Waals surface area contributed by atoms with E-state index in [0.717, 1.165) is 43.3 Å². The Kier molecular flexibility index (Phi) is 5.60. The second-order valence-electron chi connectivity index (χ2n) is 7.38. The Morgan fingerprint density at radius 3 is 2.41 bits per heavy atom. The Bertz CT molecular complexity index is 1190. The van der Waals surface area contributed by atoms with Gasteiger partial charge in [-0.15, -0.1) is 10.2 Å². The van der Waals surface area contributed by atoms with Gasteiger partial charge >= 0.3 is 0 Å². The summed E-state index contributed by atoms with van der Waals surface area (Å²) in [6.45, 7) is 3.49. The van der Waals surface area contributed by atoms with Crippen molar-refractivity contribution in [2.24, 2.45) is 0 Å². The Balaban J connectivity index is 1.24. The fraction of sp³-hybridized carbons (Fsp3) is 0.217. The van der Waals surface area contributed by atoms with Gasteiger partial charge in [-0.05, 0) is 48.5 Å². The molecular weight excluding hydrogens is 428 g/mol. The fourth-order valence-electron chi connectivity index (χ4n) is 3.65. The third kappa shape index (κ3) is 4.22. The van der Waals surface area contributed by atoms with E-state index in [2.05, 4.69) is 42.3 Å². The van der Waals surface area contributed by atoms with Crippen LogP contribution in [0.25, 0.3) is 23.0 Å². The van der Waals surface area contributed by atoms with Gasteiger partial charge in [0.1, 0.15) is 5.75 Å². The maximum Gasteiger partial charge on any atom is 0.278 e. The number of rotatable bonds is 5. The molecule has 0 amide bonds. The first-order valence-corrected chi connectivity index (χ1v) is 10.6. The maximum atomic E-state index is 5.94. The van der Waals surface area contributed by atoms with Gasteiger partial charge in [0.2, 0.25) is 5.82 Å². The van der Waals surface area contributed by atoms with Crippen LogP contribution in [-0.2, 0) is 0 Å². The monoisotopic (exact) mass is 448 g/mol. The van der Waals surface area contributed by atoms with Crippen molar-refractivity contribution in [3.8, 4) is 28.7 Å². The Labute approximate surface area is 190 Å². The molecule has 1 aliphatic rings. The third-order valence-electron chi connectivity index (χ3n) is 5.42. The molecule has 2 aromatic carbocycles. The van der Waals surface area contributed by atoms with Gasteiger partial charge in [0.25, 0.3) is 5.89 Å². The summed E-state index contributed by atoms with van der Waals surface area (Å²) in [6, 6.07) is 19.2. The van der Waals surface area contributed by atoms with Gasteiger partial charge in [-0.2, -0.15) is 4.98 Å². The molecule has 162 valence electrons. The van der Waals surface area contributed by atoms with Crippen LogP contribution in [0.3, 0.4) is 0 Å². The van der Waals surface area contributed by atoms with E-state index in [0.29, 0.717) is 22.4 Å². The van der Waals surface area contributed by atoms with E-state index < -0.39 is 0 Å². The van der Waals surface area contributed by atoms with Crippen molar-refractivity contribution < 1.29 is 9.26 Å². The number of benzene rings is 2. The van der Waals surface area contributed by atoms with Crippen LogP contribution in [0.4, 0.5) is 11.5 Å². The first-order valence-electron chi connectivity index (χ1n) is 10.3. The summed E-state index contributed by atoms with van der Waals surface area (Å²) < 4.78 is 10.7. The van der Waals surface area contributed by atoms with Gasteiger partial charge in [0.05, 0.1) is 7.11 Å². The standard InChI is InChI=1S/C23H21ClN6O2/c1-31-19-4-2-3-18(15-19)29-11-13-30(14-12-29)21-10-9-20(26-27-21)23-25-22(28-32-23)16-5-7-17(24)8-6-16/h2-10,15H,11-14H2,1H3. The second kappa shape index (κ2) is 8.84. The average molecular weight is 449 g/mol. The zero-order valence-corrected chi connectivity index (χ0v) is 18.2. The molecule has 0 aliphatic carbocycles. The quantitative estimate of drug-likeness (QED) is 0.449. The van der Waals surface area contributed by atoms with Gasteiger partial charge < -0.3 is 19.1 Å². The lowest BCUT2D eigenvalue weighted by Crippen LogP contribution is -2.46. The number of aromatic nitrogens is 4. The highest BCUT2D eigenvalue weighted by Crippen LogP contribution is 2.25. The predicted molar refractivity (Wildman–Crippen MR) is 123 cm³/mol. The number of anilines is 2. The Hall–Kier alpha value is -3.65. The molecule has 0 N–H and O–H groups in total. The van der Waals surface area contributed by atoms with Crippen molar-refractivity contribution in [2.45, 2.75) is 0 Å². The number of nitrogens with zero attached hydrogens (tertiary/aromatic N) is 6. The molecule has 32 heavy (non-hydrogen) atoms. The third-order valence-corrected chi connectivity index (χ3v) is 5.67. The summed E-state index contributed by atoms with van der Waals surface area (Å²) >= 11 is 5.94. The molecule has 0 saturated carbocycles. The second-order valence-corrected chi connectivity index (χ2v) is 7.82. The number of halogens is 1. The van der Waals surface area contributed by atoms with E-state index in [1.807, 2.05) is 36.4 Å². The molecule has 0 spiro atoms. The summed E-state index contributed by atoms with van der Waals surface area (Å²) in [6.07, 6.45) is 0. The molecule has 1 saturated heterocycles. The smallest absolute Gasteiger partial charge is 0.278 e. The van der Waals surface area contributed by atoms with E-state index >= 15 is 0 Å². The molecule has 0 atom stereocenters. The van der Waals surface area contributed by atoms with Crippen LogP contribution >= 0.6 is 11.6 Å². The summed E-state index contributed by atoms with van der Waals surface area (Å²) in [5.74, 6) is 2.51. The van der Waals surface area contributed by atoms with Crippen molar-refractivity contribution in [3.05, 3.63) is 65.7 Å². The van der Waals surface area contributed by atoms with Gasteiger partial charge in [-0.3, -0.25) is 0 Å². The molecule has 2 aromatic heterocycles. The minimum Gasteiger partial charge on any atom is -0.497 e. The maximum absolute atomic E-state index is 5.94. The number of piperazine rings is 1. The Morgan fingerprint density at radius 2 is 1.69 bits per heavy atom. The average Bonchev–Trinajstić information content (AvgIpc) is 3.35. The lowest BCUT2D eigenvalue weighted by Gasteiger charge is -2.36. The van der Waals surface area contributed by atoms with Gasteiger partial charge in [0.15, 0.2) is 11.5 Å². The van der Waals surface area contributed by atoms with E-state index in [1.165, 1.54) is 5.69 Å². The van der Waals surface area contributed by atoms with Gasteiger partial charge in [-0.1, -0.05) is 22.8 Å². The molecule has 1 aliphatic heterocycles. The van der Waals surface area contributed by atoms with Crippen LogP contribution in [0, 0.1) is 0 Å². The first-order chi connectivity index (χ1) is 15.7. The highest BCUT2D eigenvalue weighted by Gasteiger charge is 2.20. The van der Waals surface area contributed by atoms with Crippen LogP contribution in [0.5, 0.6) is 5.75 Å². The van der Waals surface area contributed by atoms with E-state index in [-0.39, 0.29) is 0 Å². The SMILES string of the molecule is COc1cccc(N2CCN(c3ccc(-c4nc(-c5ccc(Cl)cc5)no4)nn3)CC2)c1. The number of hydrogen-bond acceptors (Lipinski definition) is 8. The summed E-state index contributed by atoms with van der Waals surface area (Å²) in [5.41, 5.74) is 2.53. The number of methoxy groups -OCH3 is 1. The van der Waals surface area contributed by atoms with Crippen molar-refractivity contribution in [1.82, 2.24) is 20.3 Å². The fourth-order valence-corrected chi connectivity index (χ4v) is 3.78. The topological polar surface area (TPSA) is 80.4 Å². The highest BCUT2D eigenvalue weighted by atomic mass is 35.5. The lowest BCUT2D eigenvalue weighted by atomic mass is 10.2.